The van der Waals surface area contributed by atoms with Crippen LogP contribution in [0.1, 0.15) is 44.4 Å². The van der Waals surface area contributed by atoms with Crippen molar-refractivity contribution in [2.24, 2.45) is 11.8 Å². The molecule has 2 aromatic heterocycles. The number of nitrogens with zero attached hydrogens (tertiary/aromatic N) is 2. The molecule has 2 heterocycles. The van der Waals surface area contributed by atoms with Crippen LogP contribution >= 0.6 is 11.3 Å². The first-order valence-corrected chi connectivity index (χ1v) is 8.78. The molecular weight excluding hydrogens is 280 g/mol. The molecule has 2 aromatic rings. The van der Waals surface area contributed by atoms with Crippen molar-refractivity contribution < 1.29 is 0 Å². The van der Waals surface area contributed by atoms with E-state index in [0.717, 1.165) is 40.8 Å². The molecule has 0 radical (unpaired) electrons. The van der Waals surface area contributed by atoms with Crippen LogP contribution < -0.4 is 11.1 Å². The number of thiophene rings is 1. The molecule has 114 valence electrons. The van der Waals surface area contributed by atoms with Crippen LogP contribution in [0, 0.1) is 11.8 Å². The van der Waals surface area contributed by atoms with Crippen molar-refractivity contribution in [3.8, 4) is 0 Å². The van der Waals surface area contributed by atoms with Crippen molar-refractivity contribution in [1.82, 2.24) is 9.97 Å². The van der Waals surface area contributed by atoms with E-state index in [4.69, 9.17) is 5.73 Å². The van der Waals surface area contributed by atoms with Gasteiger partial charge in [0.15, 0.2) is 0 Å². The van der Waals surface area contributed by atoms with E-state index in [1.807, 2.05) is 0 Å². The van der Waals surface area contributed by atoms with Gasteiger partial charge >= 0.3 is 0 Å². The Kier molecular flexibility index (Phi) is 4.29. The first-order chi connectivity index (χ1) is 10.2. The van der Waals surface area contributed by atoms with Crippen LogP contribution in [-0.2, 0) is 6.42 Å². The number of aromatic nitrogens is 2. The van der Waals surface area contributed by atoms with Crippen LogP contribution in [0.25, 0.3) is 10.2 Å². The van der Waals surface area contributed by atoms with E-state index < -0.39 is 0 Å². The lowest BCUT2D eigenvalue weighted by Gasteiger charge is -2.29. The lowest BCUT2D eigenvalue weighted by Crippen LogP contribution is -2.24. The molecule has 4 nitrogen and oxygen atoms in total. The topological polar surface area (TPSA) is 63.8 Å². The van der Waals surface area contributed by atoms with Gasteiger partial charge in [0, 0.05) is 11.4 Å². The number of nitrogens with one attached hydrogen (secondary N) is 1. The highest BCUT2D eigenvalue weighted by Crippen LogP contribution is 2.32. The Morgan fingerprint density at radius 3 is 2.90 bits per heavy atom. The minimum absolute atomic E-state index is 0.367. The average Bonchev–Trinajstić information content (AvgIpc) is 2.89. The Hall–Kier alpha value is -1.36. The van der Waals surface area contributed by atoms with Gasteiger partial charge in [0.1, 0.15) is 10.6 Å². The molecule has 1 saturated carbocycles. The van der Waals surface area contributed by atoms with E-state index in [-0.39, 0.29) is 0 Å². The molecule has 0 bridgehead atoms. The number of nitrogens with two attached hydrogens (primary N) is 1. The standard InChI is InChI=1S/C16H24N4S/c1-3-12-8-13-14(19-16(17)20-15(13)21-12)18-9-11-7-5-4-6-10(11)2/h8,10-11H,3-7,9H2,1-2H3,(H3,17,18,19,20). The molecule has 3 N–H and O–H groups in total. The summed E-state index contributed by atoms with van der Waals surface area (Å²) in [5.74, 6) is 2.82. The lowest BCUT2D eigenvalue weighted by atomic mass is 9.80. The van der Waals surface area contributed by atoms with Crippen LogP contribution in [0.15, 0.2) is 6.07 Å². The summed E-state index contributed by atoms with van der Waals surface area (Å²) in [5, 5.41) is 4.66. The van der Waals surface area contributed by atoms with Gasteiger partial charge in [-0.1, -0.05) is 33.1 Å². The molecule has 0 saturated heterocycles. The molecular formula is C16H24N4S. The van der Waals surface area contributed by atoms with Gasteiger partial charge in [-0.05, 0) is 30.7 Å². The molecule has 0 spiro atoms. The van der Waals surface area contributed by atoms with Crippen molar-refractivity contribution in [2.75, 3.05) is 17.6 Å². The van der Waals surface area contributed by atoms with Crippen molar-refractivity contribution >= 4 is 33.3 Å². The zero-order chi connectivity index (χ0) is 14.8. The van der Waals surface area contributed by atoms with E-state index in [1.165, 1.54) is 30.6 Å². The number of rotatable bonds is 4. The van der Waals surface area contributed by atoms with E-state index in [1.54, 1.807) is 11.3 Å². The maximum absolute atomic E-state index is 5.86. The predicted octanol–water partition coefficient (Wildman–Crippen LogP) is 4.07. The number of fused-ring (bicyclic) bond motifs is 1. The van der Waals surface area contributed by atoms with E-state index in [2.05, 4.69) is 35.2 Å². The molecule has 1 aliphatic carbocycles. The fourth-order valence-corrected chi connectivity index (χ4v) is 4.20. The maximum Gasteiger partial charge on any atom is 0.223 e. The molecule has 0 amide bonds. The number of anilines is 2. The molecule has 0 aromatic carbocycles. The second-order valence-electron chi connectivity index (χ2n) is 6.12. The smallest absolute Gasteiger partial charge is 0.223 e. The second-order valence-corrected chi connectivity index (χ2v) is 7.23. The van der Waals surface area contributed by atoms with Gasteiger partial charge < -0.3 is 11.1 Å². The Labute approximate surface area is 130 Å². The zero-order valence-corrected chi connectivity index (χ0v) is 13.7. The molecule has 1 fully saturated rings. The largest absolute Gasteiger partial charge is 0.369 e. The van der Waals surface area contributed by atoms with Gasteiger partial charge in [0.25, 0.3) is 0 Å². The van der Waals surface area contributed by atoms with Gasteiger partial charge in [-0.3, -0.25) is 0 Å². The molecule has 0 aliphatic heterocycles. The summed E-state index contributed by atoms with van der Waals surface area (Å²) in [5.41, 5.74) is 5.86. The molecule has 2 unspecified atom stereocenters. The summed E-state index contributed by atoms with van der Waals surface area (Å²) >= 11 is 1.72. The number of hydrogen-bond donors (Lipinski definition) is 2. The minimum Gasteiger partial charge on any atom is -0.369 e. The van der Waals surface area contributed by atoms with Crippen LogP contribution in [0.3, 0.4) is 0 Å². The number of hydrogen-bond acceptors (Lipinski definition) is 5. The normalized spacial score (nSPS) is 22.6. The van der Waals surface area contributed by atoms with E-state index in [9.17, 15) is 0 Å². The third kappa shape index (κ3) is 3.12. The first-order valence-electron chi connectivity index (χ1n) is 7.97. The molecule has 2 atom stereocenters. The first kappa shape index (κ1) is 14.6. The Morgan fingerprint density at radius 2 is 2.14 bits per heavy atom. The van der Waals surface area contributed by atoms with Crippen molar-refractivity contribution in [1.29, 1.82) is 0 Å². The Morgan fingerprint density at radius 1 is 1.33 bits per heavy atom. The Bertz CT molecular complexity index is 622. The predicted molar refractivity (Wildman–Crippen MR) is 90.8 cm³/mol. The highest BCUT2D eigenvalue weighted by Gasteiger charge is 2.21. The van der Waals surface area contributed by atoms with Gasteiger partial charge in [-0.25, -0.2) is 4.98 Å². The van der Waals surface area contributed by atoms with Crippen molar-refractivity contribution in [2.45, 2.75) is 46.0 Å². The van der Waals surface area contributed by atoms with Crippen molar-refractivity contribution in [3.05, 3.63) is 10.9 Å². The van der Waals surface area contributed by atoms with Gasteiger partial charge in [-0.2, -0.15) is 4.98 Å². The average molecular weight is 304 g/mol. The highest BCUT2D eigenvalue weighted by atomic mass is 32.1. The van der Waals surface area contributed by atoms with E-state index in [0.29, 0.717) is 5.95 Å². The molecule has 5 heteroatoms. The van der Waals surface area contributed by atoms with Gasteiger partial charge in [-0.15, -0.1) is 11.3 Å². The monoisotopic (exact) mass is 304 g/mol. The summed E-state index contributed by atoms with van der Waals surface area (Å²) in [6.45, 7) is 5.53. The summed E-state index contributed by atoms with van der Waals surface area (Å²) in [7, 11) is 0. The summed E-state index contributed by atoms with van der Waals surface area (Å²) in [6.07, 6.45) is 6.44. The Balaban J connectivity index is 1.80. The van der Waals surface area contributed by atoms with Gasteiger partial charge in [0.05, 0.1) is 5.39 Å². The van der Waals surface area contributed by atoms with Crippen LogP contribution in [0.4, 0.5) is 11.8 Å². The number of aryl methyl sites for hydroxylation is 1. The molecule has 21 heavy (non-hydrogen) atoms. The SMILES string of the molecule is CCc1cc2c(NCC3CCCCC3C)nc(N)nc2s1. The van der Waals surface area contributed by atoms with Crippen LogP contribution in [0.2, 0.25) is 0 Å². The van der Waals surface area contributed by atoms with E-state index >= 15 is 0 Å². The fraction of sp³-hybridized carbons (Fsp3) is 0.625. The van der Waals surface area contributed by atoms with Gasteiger partial charge in [0.2, 0.25) is 5.95 Å². The van der Waals surface area contributed by atoms with Crippen molar-refractivity contribution in [3.63, 3.8) is 0 Å². The second kappa shape index (κ2) is 6.18. The van der Waals surface area contributed by atoms with Crippen LogP contribution in [0.5, 0.6) is 0 Å². The maximum atomic E-state index is 5.86. The molecule has 3 rings (SSSR count). The summed E-state index contributed by atoms with van der Waals surface area (Å²) in [4.78, 5) is 11.1. The third-order valence-corrected chi connectivity index (χ3v) is 5.80. The van der Waals surface area contributed by atoms with Crippen LogP contribution in [-0.4, -0.2) is 16.5 Å². The fourth-order valence-electron chi connectivity index (χ4n) is 3.22. The highest BCUT2D eigenvalue weighted by molar-refractivity contribution is 7.18. The minimum atomic E-state index is 0.367. The lowest BCUT2D eigenvalue weighted by molar-refractivity contribution is 0.268. The third-order valence-electron chi connectivity index (χ3n) is 4.63. The zero-order valence-electron chi connectivity index (χ0n) is 12.9. The summed E-state index contributed by atoms with van der Waals surface area (Å²) < 4.78 is 0. The summed E-state index contributed by atoms with van der Waals surface area (Å²) in [6, 6.07) is 2.20. The quantitative estimate of drug-likeness (QED) is 0.893. The molecule has 1 aliphatic rings. The number of nitrogen functional groups attached to an aromatic ring is 1.